The quantitative estimate of drug-likeness (QED) is 0.728. The Hall–Kier alpha value is -0.0900. The zero-order valence-electron chi connectivity index (χ0n) is 10.6. The molecule has 0 aromatic carbocycles. The van der Waals surface area contributed by atoms with Crippen LogP contribution in [0.3, 0.4) is 0 Å². The van der Waals surface area contributed by atoms with E-state index < -0.39 is 0 Å². The molecule has 0 N–H and O–H groups in total. The summed E-state index contributed by atoms with van der Waals surface area (Å²) < 4.78 is 1.07. The third kappa shape index (κ3) is 3.70. The van der Waals surface area contributed by atoms with Crippen molar-refractivity contribution in [2.24, 2.45) is 5.92 Å². The van der Waals surface area contributed by atoms with Crippen LogP contribution in [0.5, 0.6) is 0 Å². The van der Waals surface area contributed by atoms with E-state index in [0.29, 0.717) is 26.8 Å². The Bertz CT molecular complexity index is 440. The topological polar surface area (TPSA) is 20.3 Å². The molecule has 1 fully saturated rings. The highest BCUT2D eigenvalue weighted by atomic mass is 35.5. The predicted molar refractivity (Wildman–Crippen MR) is 78.1 cm³/mol. The zero-order chi connectivity index (χ0) is 13.3. The molecule has 2 nitrogen and oxygen atoms in total. The Balaban J connectivity index is 2.01. The molecule has 0 aliphatic heterocycles. The summed E-state index contributed by atoms with van der Waals surface area (Å²) in [6.45, 7) is 5.69. The van der Waals surface area contributed by atoms with Crippen LogP contribution < -0.4 is 0 Å². The van der Waals surface area contributed by atoms with E-state index >= 15 is 0 Å². The minimum atomic E-state index is 0.0671. The summed E-state index contributed by atoms with van der Waals surface area (Å²) in [5.41, 5.74) is 0.563. The molecule has 0 atom stereocenters. The van der Waals surface area contributed by atoms with Gasteiger partial charge in [0.1, 0.15) is 4.34 Å². The molecular weight excluding hydrogens is 289 g/mol. The van der Waals surface area contributed by atoms with Crippen molar-refractivity contribution in [2.45, 2.75) is 32.7 Å². The van der Waals surface area contributed by atoms with Gasteiger partial charge < -0.3 is 0 Å². The summed E-state index contributed by atoms with van der Waals surface area (Å²) in [7, 11) is 0. The first kappa shape index (κ1) is 14.3. The van der Waals surface area contributed by atoms with Crippen LogP contribution in [0.15, 0.2) is 6.07 Å². The van der Waals surface area contributed by atoms with Crippen molar-refractivity contribution in [3.63, 3.8) is 0 Å². The summed E-state index contributed by atoms with van der Waals surface area (Å²) in [6, 6.07) is 2.05. The fraction of sp³-hybridized carbons (Fsp3) is 0.615. The Morgan fingerprint density at radius 1 is 1.50 bits per heavy atom. The van der Waals surface area contributed by atoms with Gasteiger partial charge >= 0.3 is 0 Å². The highest BCUT2D eigenvalue weighted by molar-refractivity contribution is 7.20. The molecular formula is C13H17Cl2NOS. The van der Waals surface area contributed by atoms with Gasteiger partial charge in [0, 0.05) is 12.6 Å². The molecule has 0 amide bonds. The number of carbonyl (C=O) groups is 1. The van der Waals surface area contributed by atoms with Crippen molar-refractivity contribution in [3.8, 4) is 0 Å². The zero-order valence-corrected chi connectivity index (χ0v) is 12.9. The Morgan fingerprint density at radius 3 is 2.61 bits per heavy atom. The van der Waals surface area contributed by atoms with Crippen LogP contribution in [0.1, 0.15) is 37.0 Å². The normalized spacial score (nSPS) is 15.7. The Morgan fingerprint density at radius 2 is 2.17 bits per heavy atom. The van der Waals surface area contributed by atoms with E-state index in [-0.39, 0.29) is 5.78 Å². The molecule has 5 heteroatoms. The third-order valence-corrected chi connectivity index (χ3v) is 4.71. The third-order valence-electron chi connectivity index (χ3n) is 3.22. The molecule has 1 saturated carbocycles. The van der Waals surface area contributed by atoms with Crippen molar-refractivity contribution < 1.29 is 4.79 Å². The lowest BCUT2D eigenvalue weighted by Gasteiger charge is -2.25. The maximum atomic E-state index is 12.2. The number of nitrogens with zero attached hydrogens (tertiary/aromatic N) is 1. The maximum absolute atomic E-state index is 12.2. The molecule has 0 radical (unpaired) electrons. The SMILES string of the molecule is CC(C)N(CC(=O)c1cc(Cl)sc1Cl)CC1CC1. The minimum absolute atomic E-state index is 0.0671. The van der Waals surface area contributed by atoms with E-state index in [1.165, 1.54) is 24.2 Å². The second-order valence-corrected chi connectivity index (χ2v) is 7.41. The number of rotatable bonds is 6. The number of ketones is 1. The van der Waals surface area contributed by atoms with Crippen LogP contribution >= 0.6 is 34.5 Å². The van der Waals surface area contributed by atoms with E-state index in [1.807, 2.05) is 0 Å². The van der Waals surface area contributed by atoms with E-state index in [0.717, 1.165) is 12.5 Å². The number of halogens is 2. The predicted octanol–water partition coefficient (Wildman–Crippen LogP) is 4.36. The lowest BCUT2D eigenvalue weighted by atomic mass is 10.2. The molecule has 1 aliphatic rings. The lowest BCUT2D eigenvalue weighted by molar-refractivity contribution is 0.0901. The van der Waals surface area contributed by atoms with Crippen LogP contribution in [-0.2, 0) is 0 Å². The number of hydrogen-bond acceptors (Lipinski definition) is 3. The van der Waals surface area contributed by atoms with Gasteiger partial charge in [-0.15, -0.1) is 11.3 Å². The number of carbonyl (C=O) groups excluding carboxylic acids is 1. The maximum Gasteiger partial charge on any atom is 0.179 e. The fourth-order valence-electron chi connectivity index (χ4n) is 1.89. The Labute approximate surface area is 122 Å². The highest BCUT2D eigenvalue weighted by Gasteiger charge is 2.27. The van der Waals surface area contributed by atoms with Gasteiger partial charge in [0.2, 0.25) is 0 Å². The highest BCUT2D eigenvalue weighted by Crippen LogP contribution is 2.33. The van der Waals surface area contributed by atoms with Gasteiger partial charge in [0.15, 0.2) is 5.78 Å². The van der Waals surface area contributed by atoms with Crippen LogP contribution in [0.4, 0.5) is 0 Å². The Kier molecular flexibility index (Phi) is 4.70. The monoisotopic (exact) mass is 305 g/mol. The first-order chi connectivity index (χ1) is 8.47. The summed E-state index contributed by atoms with van der Waals surface area (Å²) >= 11 is 13.1. The van der Waals surface area contributed by atoms with Gasteiger partial charge in [-0.2, -0.15) is 0 Å². The number of Topliss-reactive ketones (excluding diaryl/α,β-unsaturated/α-hetero) is 1. The van der Waals surface area contributed by atoms with Crippen molar-refractivity contribution in [2.75, 3.05) is 13.1 Å². The van der Waals surface area contributed by atoms with Crippen LogP contribution in [0.2, 0.25) is 8.67 Å². The second-order valence-electron chi connectivity index (χ2n) is 5.13. The average Bonchev–Trinajstić information content (AvgIpc) is 3.02. The molecule has 18 heavy (non-hydrogen) atoms. The first-order valence-corrected chi connectivity index (χ1v) is 7.76. The molecule has 1 heterocycles. The van der Waals surface area contributed by atoms with Crippen molar-refractivity contribution >= 4 is 40.3 Å². The van der Waals surface area contributed by atoms with Gasteiger partial charge in [-0.05, 0) is 38.7 Å². The molecule has 0 spiro atoms. The van der Waals surface area contributed by atoms with Gasteiger partial charge in [-0.1, -0.05) is 23.2 Å². The van der Waals surface area contributed by atoms with Gasteiger partial charge in [0.25, 0.3) is 0 Å². The molecule has 100 valence electrons. The molecule has 1 aromatic heterocycles. The van der Waals surface area contributed by atoms with Crippen molar-refractivity contribution in [1.29, 1.82) is 0 Å². The van der Waals surface area contributed by atoms with E-state index in [2.05, 4.69) is 18.7 Å². The molecule has 2 rings (SSSR count). The van der Waals surface area contributed by atoms with Crippen LogP contribution in [0, 0.1) is 5.92 Å². The van der Waals surface area contributed by atoms with E-state index in [4.69, 9.17) is 23.2 Å². The van der Waals surface area contributed by atoms with Crippen molar-refractivity contribution in [1.82, 2.24) is 4.90 Å². The first-order valence-electron chi connectivity index (χ1n) is 6.19. The van der Waals surface area contributed by atoms with Crippen molar-refractivity contribution in [3.05, 3.63) is 20.3 Å². The average molecular weight is 306 g/mol. The smallest absolute Gasteiger partial charge is 0.179 e. The largest absolute Gasteiger partial charge is 0.293 e. The van der Waals surface area contributed by atoms with E-state index in [1.54, 1.807) is 6.07 Å². The van der Waals surface area contributed by atoms with Crippen LogP contribution in [0.25, 0.3) is 0 Å². The molecule has 0 unspecified atom stereocenters. The van der Waals surface area contributed by atoms with Gasteiger partial charge in [-0.25, -0.2) is 0 Å². The lowest BCUT2D eigenvalue weighted by Crippen LogP contribution is -2.37. The molecule has 1 aliphatic carbocycles. The minimum Gasteiger partial charge on any atom is -0.293 e. The second kappa shape index (κ2) is 5.91. The summed E-state index contributed by atoms with van der Waals surface area (Å²) in [5.74, 6) is 0.847. The summed E-state index contributed by atoms with van der Waals surface area (Å²) in [6.07, 6.45) is 2.59. The number of thiophene rings is 1. The van der Waals surface area contributed by atoms with Gasteiger partial charge in [0.05, 0.1) is 16.4 Å². The standard InChI is InChI=1S/C13H17Cl2NOS/c1-8(2)16(6-9-3-4-9)7-11(17)10-5-12(14)18-13(10)15/h5,8-9H,3-4,6-7H2,1-2H3. The molecule has 0 bridgehead atoms. The van der Waals surface area contributed by atoms with Crippen LogP contribution in [-0.4, -0.2) is 29.8 Å². The van der Waals surface area contributed by atoms with Gasteiger partial charge in [-0.3, -0.25) is 9.69 Å². The molecule has 0 saturated heterocycles. The summed E-state index contributed by atoms with van der Waals surface area (Å²) in [4.78, 5) is 14.4. The fourth-order valence-corrected chi connectivity index (χ4v) is 3.39. The van der Waals surface area contributed by atoms with E-state index in [9.17, 15) is 4.79 Å². The number of hydrogen-bond donors (Lipinski definition) is 0. The molecule has 1 aromatic rings. The summed E-state index contributed by atoms with van der Waals surface area (Å²) in [5, 5.41) is 0.